The molecule has 2 fully saturated rings. The normalized spacial score (nSPS) is 19.1. The number of epoxide rings is 2. The maximum atomic E-state index is 12.2. The van der Waals surface area contributed by atoms with Gasteiger partial charge in [0.15, 0.2) is 0 Å². The third-order valence-electron chi connectivity index (χ3n) is 4.93. The van der Waals surface area contributed by atoms with E-state index in [1.807, 2.05) is 42.5 Å². The Bertz CT molecular complexity index is 903. The summed E-state index contributed by atoms with van der Waals surface area (Å²) in [6.07, 6.45) is 4.43. The Morgan fingerprint density at radius 2 is 1.68 bits per heavy atom. The van der Waals surface area contributed by atoms with Crippen molar-refractivity contribution in [3.05, 3.63) is 59.7 Å². The first-order valence-electron chi connectivity index (χ1n) is 10.4. The second-order valence-electron chi connectivity index (χ2n) is 7.45. The van der Waals surface area contributed by atoms with Crippen LogP contribution in [0.1, 0.15) is 11.1 Å². The predicted molar refractivity (Wildman–Crippen MR) is 116 cm³/mol. The zero-order valence-corrected chi connectivity index (χ0v) is 17.5. The molecule has 164 valence electrons. The quantitative estimate of drug-likeness (QED) is 0.416. The summed E-state index contributed by atoms with van der Waals surface area (Å²) in [6.45, 7) is 3.22. The Balaban J connectivity index is 1.20. The van der Waals surface area contributed by atoms with Crippen molar-refractivity contribution in [2.45, 2.75) is 18.6 Å². The second-order valence-corrected chi connectivity index (χ2v) is 7.45. The lowest BCUT2D eigenvalue weighted by atomic mass is 10.1. The highest BCUT2D eigenvalue weighted by Crippen LogP contribution is 2.26. The van der Waals surface area contributed by atoms with Gasteiger partial charge in [-0.2, -0.15) is 0 Å². The highest BCUT2D eigenvalue weighted by atomic mass is 16.6. The summed E-state index contributed by atoms with van der Waals surface area (Å²) in [5.41, 5.74) is 1.94. The number of rotatable bonds is 12. The molecule has 31 heavy (non-hydrogen) atoms. The second kappa shape index (κ2) is 10.3. The Morgan fingerprint density at radius 1 is 1.03 bits per heavy atom. The van der Waals surface area contributed by atoms with Crippen molar-refractivity contribution in [2.24, 2.45) is 0 Å². The molecule has 7 heteroatoms. The fourth-order valence-electron chi connectivity index (χ4n) is 2.93. The van der Waals surface area contributed by atoms with Crippen LogP contribution in [-0.4, -0.2) is 58.2 Å². The number of carbonyl (C=O) groups excluding carboxylic acids is 1. The molecule has 4 rings (SSSR count). The molecule has 2 heterocycles. The number of methoxy groups -OCH3 is 1. The molecule has 2 aliphatic rings. The van der Waals surface area contributed by atoms with Gasteiger partial charge in [0, 0.05) is 24.3 Å². The van der Waals surface area contributed by atoms with E-state index < -0.39 is 0 Å². The van der Waals surface area contributed by atoms with Crippen LogP contribution in [0.15, 0.2) is 48.5 Å². The SMILES string of the molecule is COc1cc(OCC2CO2)ccc1/C=C/C(=O)NCCc1ccc(OCC2CO2)cc1. The highest BCUT2D eigenvalue weighted by Gasteiger charge is 2.23. The summed E-state index contributed by atoms with van der Waals surface area (Å²) in [4.78, 5) is 12.2. The average Bonchev–Trinajstić information content (AvgIpc) is 3.71. The largest absolute Gasteiger partial charge is 0.496 e. The summed E-state index contributed by atoms with van der Waals surface area (Å²) in [7, 11) is 1.59. The smallest absolute Gasteiger partial charge is 0.244 e. The summed E-state index contributed by atoms with van der Waals surface area (Å²) in [6, 6.07) is 13.4. The summed E-state index contributed by atoms with van der Waals surface area (Å²) in [5.74, 6) is 2.04. The lowest BCUT2D eigenvalue weighted by molar-refractivity contribution is -0.116. The minimum atomic E-state index is -0.155. The van der Waals surface area contributed by atoms with Crippen molar-refractivity contribution in [2.75, 3.05) is 40.1 Å². The van der Waals surface area contributed by atoms with E-state index >= 15 is 0 Å². The van der Waals surface area contributed by atoms with E-state index in [0.29, 0.717) is 31.3 Å². The van der Waals surface area contributed by atoms with Gasteiger partial charge in [-0.3, -0.25) is 4.79 Å². The van der Waals surface area contributed by atoms with Crippen LogP contribution in [0.4, 0.5) is 0 Å². The maximum absolute atomic E-state index is 12.2. The van der Waals surface area contributed by atoms with Crippen molar-refractivity contribution in [3.8, 4) is 17.2 Å². The fourth-order valence-corrected chi connectivity index (χ4v) is 2.93. The number of benzene rings is 2. The van der Waals surface area contributed by atoms with Gasteiger partial charge in [-0.1, -0.05) is 12.1 Å². The van der Waals surface area contributed by atoms with Crippen LogP contribution in [0.5, 0.6) is 17.2 Å². The molecule has 2 aliphatic heterocycles. The Kier molecular flexibility index (Phi) is 7.07. The first kappa shape index (κ1) is 21.2. The van der Waals surface area contributed by atoms with Crippen LogP contribution in [0.25, 0.3) is 6.08 Å². The number of nitrogens with one attached hydrogen (secondary N) is 1. The van der Waals surface area contributed by atoms with Gasteiger partial charge in [-0.25, -0.2) is 0 Å². The first-order valence-corrected chi connectivity index (χ1v) is 10.4. The van der Waals surface area contributed by atoms with E-state index in [2.05, 4.69) is 5.32 Å². The van der Waals surface area contributed by atoms with Crippen molar-refractivity contribution in [3.63, 3.8) is 0 Å². The molecule has 0 aliphatic carbocycles. The van der Waals surface area contributed by atoms with Crippen LogP contribution < -0.4 is 19.5 Å². The summed E-state index contributed by atoms with van der Waals surface area (Å²) in [5, 5.41) is 2.90. The fraction of sp³-hybridized carbons (Fsp3) is 0.375. The third-order valence-corrected chi connectivity index (χ3v) is 4.93. The number of amides is 1. The monoisotopic (exact) mass is 425 g/mol. The van der Waals surface area contributed by atoms with Crippen LogP contribution >= 0.6 is 0 Å². The zero-order chi connectivity index (χ0) is 21.5. The van der Waals surface area contributed by atoms with Crippen molar-refractivity contribution in [1.29, 1.82) is 0 Å². The minimum Gasteiger partial charge on any atom is -0.496 e. The van der Waals surface area contributed by atoms with Crippen LogP contribution in [0.2, 0.25) is 0 Å². The molecule has 0 spiro atoms. The third kappa shape index (κ3) is 7.01. The molecular weight excluding hydrogens is 398 g/mol. The Labute approximate surface area is 181 Å². The predicted octanol–water partition coefficient (Wildman–Crippen LogP) is 2.62. The number of carbonyl (C=O) groups is 1. The molecule has 2 atom stereocenters. The number of ether oxygens (including phenoxy) is 5. The number of hydrogen-bond donors (Lipinski definition) is 1. The Morgan fingerprint density at radius 3 is 2.32 bits per heavy atom. The maximum Gasteiger partial charge on any atom is 0.244 e. The zero-order valence-electron chi connectivity index (χ0n) is 17.5. The van der Waals surface area contributed by atoms with E-state index in [0.717, 1.165) is 36.5 Å². The van der Waals surface area contributed by atoms with E-state index in [1.165, 1.54) is 6.08 Å². The molecule has 2 unspecified atom stereocenters. The van der Waals surface area contributed by atoms with Gasteiger partial charge in [0.1, 0.15) is 42.7 Å². The topological polar surface area (TPSA) is 81.9 Å². The van der Waals surface area contributed by atoms with Gasteiger partial charge in [0.05, 0.1) is 20.3 Å². The van der Waals surface area contributed by atoms with Gasteiger partial charge in [-0.15, -0.1) is 0 Å². The standard InChI is InChI=1S/C24H27NO6/c1-27-23-12-20(29-14-22-16-31-22)8-4-18(23)5-9-24(26)25-11-10-17-2-6-19(7-3-17)28-13-21-15-30-21/h2-9,12,21-22H,10-11,13-16H2,1H3,(H,25,26)/b9-5+. The van der Waals surface area contributed by atoms with Gasteiger partial charge in [0.25, 0.3) is 0 Å². The Hall–Kier alpha value is -3.03. The summed E-state index contributed by atoms with van der Waals surface area (Å²) < 4.78 is 27.0. The minimum absolute atomic E-state index is 0.155. The van der Waals surface area contributed by atoms with Crippen molar-refractivity contribution >= 4 is 12.0 Å². The van der Waals surface area contributed by atoms with Crippen LogP contribution in [0, 0.1) is 0 Å². The van der Waals surface area contributed by atoms with Crippen molar-refractivity contribution in [1.82, 2.24) is 5.32 Å². The highest BCUT2D eigenvalue weighted by molar-refractivity contribution is 5.92. The van der Waals surface area contributed by atoms with E-state index in [-0.39, 0.29) is 18.1 Å². The molecule has 0 aromatic heterocycles. The first-order chi connectivity index (χ1) is 15.2. The van der Waals surface area contributed by atoms with Crippen LogP contribution in [0.3, 0.4) is 0 Å². The molecule has 1 amide bonds. The molecule has 2 saturated heterocycles. The van der Waals surface area contributed by atoms with E-state index in [1.54, 1.807) is 13.2 Å². The molecular formula is C24H27NO6. The molecule has 0 bridgehead atoms. The molecule has 2 aromatic carbocycles. The molecule has 2 aromatic rings. The van der Waals surface area contributed by atoms with Gasteiger partial charge >= 0.3 is 0 Å². The summed E-state index contributed by atoms with van der Waals surface area (Å²) >= 11 is 0. The lowest BCUT2D eigenvalue weighted by Gasteiger charge is -2.09. The van der Waals surface area contributed by atoms with Crippen LogP contribution in [-0.2, 0) is 20.7 Å². The number of hydrogen-bond acceptors (Lipinski definition) is 6. The van der Waals surface area contributed by atoms with Gasteiger partial charge in [-0.05, 0) is 42.3 Å². The van der Waals surface area contributed by atoms with Crippen molar-refractivity contribution < 1.29 is 28.5 Å². The molecule has 7 nitrogen and oxygen atoms in total. The average molecular weight is 425 g/mol. The van der Waals surface area contributed by atoms with E-state index in [4.69, 9.17) is 23.7 Å². The molecule has 0 radical (unpaired) electrons. The van der Waals surface area contributed by atoms with Gasteiger partial charge in [0.2, 0.25) is 5.91 Å². The molecule has 0 saturated carbocycles. The lowest BCUT2D eigenvalue weighted by Crippen LogP contribution is -2.23. The van der Waals surface area contributed by atoms with E-state index in [9.17, 15) is 4.79 Å². The molecule has 1 N–H and O–H groups in total. The van der Waals surface area contributed by atoms with Gasteiger partial charge < -0.3 is 29.0 Å².